The molecule has 0 aliphatic heterocycles. The molecular formula is C14H16BrNO5. The summed E-state index contributed by atoms with van der Waals surface area (Å²) in [5.41, 5.74) is 0.215. The standard InChI is InChI=1S/C14H16BrNO5/c1-4-5-16(8-12(17)18)14(19)10-6-9(20-2)7-11(15)13(10)21-3/h4,6-7H,1,5,8H2,2-3H3,(H,17,18). The van der Waals surface area contributed by atoms with E-state index in [-0.39, 0.29) is 12.1 Å². The molecule has 1 amide bonds. The summed E-state index contributed by atoms with van der Waals surface area (Å²) in [4.78, 5) is 24.6. The molecule has 0 saturated heterocycles. The van der Waals surface area contributed by atoms with Gasteiger partial charge in [0, 0.05) is 6.54 Å². The van der Waals surface area contributed by atoms with Crippen molar-refractivity contribution in [1.82, 2.24) is 4.90 Å². The Hall–Kier alpha value is -2.02. The number of carbonyl (C=O) groups is 2. The number of methoxy groups -OCH3 is 2. The maximum absolute atomic E-state index is 12.5. The van der Waals surface area contributed by atoms with Crippen molar-refractivity contribution in [2.24, 2.45) is 0 Å². The highest BCUT2D eigenvalue weighted by atomic mass is 79.9. The third-order valence-electron chi connectivity index (χ3n) is 2.65. The molecule has 0 fully saturated rings. The van der Waals surface area contributed by atoms with E-state index in [1.54, 1.807) is 6.07 Å². The maximum Gasteiger partial charge on any atom is 0.323 e. The van der Waals surface area contributed by atoms with Gasteiger partial charge in [0.15, 0.2) is 0 Å². The molecular weight excluding hydrogens is 342 g/mol. The number of benzene rings is 1. The van der Waals surface area contributed by atoms with Crippen LogP contribution in [-0.2, 0) is 4.79 Å². The fourth-order valence-corrected chi connectivity index (χ4v) is 2.36. The molecule has 0 heterocycles. The van der Waals surface area contributed by atoms with E-state index in [9.17, 15) is 9.59 Å². The van der Waals surface area contributed by atoms with Gasteiger partial charge in [0.25, 0.3) is 5.91 Å². The van der Waals surface area contributed by atoms with Crippen LogP contribution in [0, 0.1) is 0 Å². The quantitative estimate of drug-likeness (QED) is 0.756. The zero-order chi connectivity index (χ0) is 16.0. The predicted octanol–water partition coefficient (Wildman–Crippen LogP) is 2.18. The van der Waals surface area contributed by atoms with Gasteiger partial charge in [-0.05, 0) is 28.1 Å². The Morgan fingerprint density at radius 2 is 2.05 bits per heavy atom. The van der Waals surface area contributed by atoms with E-state index in [4.69, 9.17) is 14.6 Å². The molecule has 0 aliphatic rings. The van der Waals surface area contributed by atoms with Crippen molar-refractivity contribution >= 4 is 27.8 Å². The Bertz CT molecular complexity index is 559. The summed E-state index contributed by atoms with van der Waals surface area (Å²) in [5.74, 6) is -0.806. The highest BCUT2D eigenvalue weighted by Crippen LogP contribution is 2.34. The summed E-state index contributed by atoms with van der Waals surface area (Å²) in [6.07, 6.45) is 1.46. The van der Waals surface area contributed by atoms with Crippen LogP contribution in [0.25, 0.3) is 0 Å². The highest BCUT2D eigenvalue weighted by Gasteiger charge is 2.23. The number of halogens is 1. The first kappa shape index (κ1) is 17.0. The zero-order valence-electron chi connectivity index (χ0n) is 11.8. The minimum Gasteiger partial charge on any atom is -0.497 e. The number of amides is 1. The van der Waals surface area contributed by atoms with E-state index in [0.29, 0.717) is 16.0 Å². The van der Waals surface area contributed by atoms with Crippen LogP contribution in [0.4, 0.5) is 0 Å². The summed E-state index contributed by atoms with van der Waals surface area (Å²) in [5, 5.41) is 8.89. The molecule has 0 spiro atoms. The van der Waals surface area contributed by atoms with Gasteiger partial charge in [0.2, 0.25) is 0 Å². The Kier molecular flexibility index (Phi) is 6.23. The van der Waals surface area contributed by atoms with Crippen molar-refractivity contribution in [3.63, 3.8) is 0 Å². The number of hydrogen-bond donors (Lipinski definition) is 1. The molecule has 0 unspecified atom stereocenters. The van der Waals surface area contributed by atoms with Gasteiger partial charge in [-0.3, -0.25) is 9.59 Å². The van der Waals surface area contributed by atoms with Crippen molar-refractivity contribution in [3.05, 3.63) is 34.8 Å². The smallest absolute Gasteiger partial charge is 0.323 e. The molecule has 6 nitrogen and oxygen atoms in total. The van der Waals surface area contributed by atoms with Gasteiger partial charge < -0.3 is 19.5 Å². The molecule has 1 N–H and O–H groups in total. The number of carboxylic acids is 1. The van der Waals surface area contributed by atoms with Crippen molar-refractivity contribution in [1.29, 1.82) is 0 Å². The first-order chi connectivity index (χ1) is 9.94. The minimum absolute atomic E-state index is 0.114. The van der Waals surface area contributed by atoms with Crippen LogP contribution in [0.5, 0.6) is 11.5 Å². The van der Waals surface area contributed by atoms with Crippen LogP contribution >= 0.6 is 15.9 Å². The second-order valence-electron chi connectivity index (χ2n) is 4.06. The van der Waals surface area contributed by atoms with E-state index in [1.807, 2.05) is 0 Å². The van der Waals surface area contributed by atoms with Crippen LogP contribution < -0.4 is 9.47 Å². The second kappa shape index (κ2) is 7.68. The first-order valence-corrected chi connectivity index (χ1v) is 6.77. The van der Waals surface area contributed by atoms with E-state index >= 15 is 0 Å². The lowest BCUT2D eigenvalue weighted by Gasteiger charge is -2.21. The lowest BCUT2D eigenvalue weighted by atomic mass is 10.1. The Morgan fingerprint density at radius 3 is 2.52 bits per heavy atom. The Labute approximate surface area is 131 Å². The Morgan fingerprint density at radius 1 is 1.38 bits per heavy atom. The van der Waals surface area contributed by atoms with E-state index in [2.05, 4.69) is 22.5 Å². The molecule has 114 valence electrons. The number of carbonyl (C=O) groups excluding carboxylic acids is 1. The van der Waals surface area contributed by atoms with Crippen molar-refractivity contribution in [3.8, 4) is 11.5 Å². The number of nitrogens with zero attached hydrogens (tertiary/aromatic N) is 1. The molecule has 0 aromatic heterocycles. The van der Waals surface area contributed by atoms with E-state index in [1.165, 1.54) is 26.4 Å². The third-order valence-corrected chi connectivity index (χ3v) is 3.24. The minimum atomic E-state index is -1.11. The number of ether oxygens (including phenoxy) is 2. The average molecular weight is 358 g/mol. The number of carboxylic acid groups (broad SMARTS) is 1. The van der Waals surface area contributed by atoms with Crippen LogP contribution in [0.15, 0.2) is 29.3 Å². The van der Waals surface area contributed by atoms with Crippen molar-refractivity contribution < 1.29 is 24.2 Å². The summed E-state index contributed by atoms with van der Waals surface area (Å²) >= 11 is 3.29. The molecule has 1 aromatic carbocycles. The fraction of sp³-hybridized carbons (Fsp3) is 0.286. The lowest BCUT2D eigenvalue weighted by Crippen LogP contribution is -2.36. The molecule has 1 rings (SSSR count). The lowest BCUT2D eigenvalue weighted by molar-refractivity contribution is -0.137. The summed E-state index contributed by atoms with van der Waals surface area (Å²) in [6.45, 7) is 3.21. The predicted molar refractivity (Wildman–Crippen MR) is 81.0 cm³/mol. The molecule has 7 heteroatoms. The average Bonchev–Trinajstić information content (AvgIpc) is 2.44. The summed E-state index contributed by atoms with van der Waals surface area (Å²) in [6, 6.07) is 3.16. The van der Waals surface area contributed by atoms with Crippen molar-refractivity contribution in [2.45, 2.75) is 0 Å². The number of rotatable bonds is 7. The largest absolute Gasteiger partial charge is 0.497 e. The fourth-order valence-electron chi connectivity index (χ4n) is 1.76. The van der Waals surface area contributed by atoms with E-state index in [0.717, 1.165) is 4.90 Å². The maximum atomic E-state index is 12.5. The van der Waals surface area contributed by atoms with Gasteiger partial charge in [0.1, 0.15) is 18.0 Å². The zero-order valence-corrected chi connectivity index (χ0v) is 13.3. The van der Waals surface area contributed by atoms with Gasteiger partial charge in [-0.2, -0.15) is 0 Å². The van der Waals surface area contributed by atoms with Crippen LogP contribution in [-0.4, -0.2) is 49.2 Å². The number of aliphatic carboxylic acids is 1. The molecule has 21 heavy (non-hydrogen) atoms. The van der Waals surface area contributed by atoms with E-state index < -0.39 is 18.4 Å². The van der Waals surface area contributed by atoms with Crippen LogP contribution in [0.1, 0.15) is 10.4 Å². The molecule has 0 radical (unpaired) electrons. The van der Waals surface area contributed by atoms with Gasteiger partial charge in [-0.1, -0.05) is 6.08 Å². The van der Waals surface area contributed by atoms with Gasteiger partial charge in [-0.25, -0.2) is 0 Å². The normalized spacial score (nSPS) is 9.86. The Balaban J connectivity index is 3.27. The molecule has 0 saturated carbocycles. The van der Waals surface area contributed by atoms with Gasteiger partial charge in [-0.15, -0.1) is 6.58 Å². The monoisotopic (exact) mass is 357 g/mol. The SMILES string of the molecule is C=CCN(CC(=O)O)C(=O)c1cc(OC)cc(Br)c1OC. The van der Waals surface area contributed by atoms with Gasteiger partial charge >= 0.3 is 5.97 Å². The van der Waals surface area contributed by atoms with Crippen LogP contribution in [0.3, 0.4) is 0 Å². The topological polar surface area (TPSA) is 76.1 Å². The molecule has 1 aromatic rings. The first-order valence-electron chi connectivity index (χ1n) is 5.98. The highest BCUT2D eigenvalue weighted by molar-refractivity contribution is 9.10. The summed E-state index contributed by atoms with van der Waals surface area (Å²) < 4.78 is 10.9. The molecule has 0 aliphatic carbocycles. The second-order valence-corrected chi connectivity index (χ2v) is 4.91. The van der Waals surface area contributed by atoms with Crippen LogP contribution in [0.2, 0.25) is 0 Å². The molecule has 0 bridgehead atoms. The third kappa shape index (κ3) is 4.22. The van der Waals surface area contributed by atoms with Gasteiger partial charge in [0.05, 0.1) is 24.3 Å². The van der Waals surface area contributed by atoms with Crippen molar-refractivity contribution in [2.75, 3.05) is 27.3 Å². The number of hydrogen-bond acceptors (Lipinski definition) is 4. The molecule has 0 atom stereocenters. The summed E-state index contributed by atoms with van der Waals surface area (Å²) in [7, 11) is 2.90.